The summed E-state index contributed by atoms with van der Waals surface area (Å²) in [5.41, 5.74) is 0.279. The number of amides is 2. The lowest BCUT2D eigenvalue weighted by molar-refractivity contribution is -0.141. The predicted octanol–water partition coefficient (Wildman–Crippen LogP) is 2.67. The van der Waals surface area contributed by atoms with Gasteiger partial charge in [-0.25, -0.2) is 14.0 Å². The minimum absolute atomic E-state index is 0.279. The quantitative estimate of drug-likeness (QED) is 0.875. The van der Waals surface area contributed by atoms with Crippen LogP contribution < -0.4 is 5.32 Å². The van der Waals surface area contributed by atoms with Gasteiger partial charge in [-0.15, -0.1) is 0 Å². The number of carbonyl (C=O) groups is 2. The Morgan fingerprint density at radius 2 is 2.21 bits per heavy atom. The molecule has 19 heavy (non-hydrogen) atoms. The van der Waals surface area contributed by atoms with E-state index in [9.17, 15) is 14.0 Å². The van der Waals surface area contributed by atoms with Gasteiger partial charge in [-0.3, -0.25) is 0 Å². The monoisotopic (exact) mass is 330 g/mol. The van der Waals surface area contributed by atoms with Crippen LogP contribution in [0.5, 0.6) is 0 Å². The fraction of sp³-hybridized carbons (Fsp3) is 0.333. The van der Waals surface area contributed by atoms with Gasteiger partial charge in [-0.1, -0.05) is 0 Å². The SMILES string of the molecule is O=C(O)[C@H]1CCCN1C(=O)Nc1cc(F)ccc1Br. The molecule has 1 aromatic rings. The zero-order chi connectivity index (χ0) is 14.0. The molecule has 2 N–H and O–H groups in total. The first-order chi connectivity index (χ1) is 8.99. The Morgan fingerprint density at radius 3 is 2.89 bits per heavy atom. The van der Waals surface area contributed by atoms with Crippen molar-refractivity contribution in [2.24, 2.45) is 0 Å². The van der Waals surface area contributed by atoms with E-state index < -0.39 is 23.9 Å². The molecule has 7 heteroatoms. The van der Waals surface area contributed by atoms with Crippen molar-refractivity contribution in [2.45, 2.75) is 18.9 Å². The molecule has 0 bridgehead atoms. The second kappa shape index (κ2) is 5.56. The first-order valence-corrected chi connectivity index (χ1v) is 6.54. The fourth-order valence-corrected chi connectivity index (χ4v) is 2.39. The van der Waals surface area contributed by atoms with Crippen molar-refractivity contribution in [1.82, 2.24) is 4.90 Å². The van der Waals surface area contributed by atoms with Crippen LogP contribution in [0.25, 0.3) is 0 Å². The highest BCUT2D eigenvalue weighted by Crippen LogP contribution is 2.25. The van der Waals surface area contributed by atoms with Crippen LogP contribution in [-0.2, 0) is 4.79 Å². The zero-order valence-corrected chi connectivity index (χ0v) is 11.5. The molecular formula is C12H12BrFN2O3. The van der Waals surface area contributed by atoms with E-state index in [2.05, 4.69) is 21.2 Å². The number of likely N-dealkylation sites (tertiary alicyclic amines) is 1. The second-order valence-corrected chi connectivity index (χ2v) is 5.10. The topological polar surface area (TPSA) is 69.6 Å². The molecule has 5 nitrogen and oxygen atoms in total. The first kappa shape index (κ1) is 13.8. The summed E-state index contributed by atoms with van der Waals surface area (Å²) in [5, 5.41) is 11.5. The highest BCUT2D eigenvalue weighted by Gasteiger charge is 2.34. The molecule has 0 spiro atoms. The summed E-state index contributed by atoms with van der Waals surface area (Å²) in [6.07, 6.45) is 1.09. The molecule has 1 aliphatic heterocycles. The van der Waals surface area contributed by atoms with Gasteiger partial charge < -0.3 is 15.3 Å². The number of benzene rings is 1. The normalized spacial score (nSPS) is 18.4. The Labute approximate surface area is 117 Å². The Bertz CT molecular complexity index is 524. The molecule has 0 radical (unpaired) electrons. The molecule has 0 saturated carbocycles. The van der Waals surface area contributed by atoms with Crippen LogP contribution >= 0.6 is 15.9 Å². The van der Waals surface area contributed by atoms with Gasteiger partial charge in [0.15, 0.2) is 0 Å². The fourth-order valence-electron chi connectivity index (χ4n) is 2.05. The maximum absolute atomic E-state index is 13.1. The number of hydrogen-bond acceptors (Lipinski definition) is 2. The summed E-state index contributed by atoms with van der Waals surface area (Å²) >= 11 is 3.20. The summed E-state index contributed by atoms with van der Waals surface area (Å²) in [6, 6.07) is 2.57. The van der Waals surface area contributed by atoms with Crippen LogP contribution in [0.4, 0.5) is 14.9 Å². The summed E-state index contributed by atoms with van der Waals surface area (Å²) in [7, 11) is 0. The Morgan fingerprint density at radius 1 is 1.47 bits per heavy atom. The Hall–Kier alpha value is -1.63. The van der Waals surface area contributed by atoms with E-state index in [4.69, 9.17) is 5.11 Å². The number of hydrogen-bond donors (Lipinski definition) is 2. The van der Waals surface area contributed by atoms with E-state index in [0.29, 0.717) is 23.9 Å². The summed E-state index contributed by atoms with van der Waals surface area (Å²) in [4.78, 5) is 24.2. The summed E-state index contributed by atoms with van der Waals surface area (Å²) in [5.74, 6) is -1.50. The number of carboxylic acid groups (broad SMARTS) is 1. The number of anilines is 1. The van der Waals surface area contributed by atoms with Crippen LogP contribution in [0.2, 0.25) is 0 Å². The van der Waals surface area contributed by atoms with Gasteiger partial charge in [0.1, 0.15) is 11.9 Å². The lowest BCUT2D eigenvalue weighted by atomic mass is 10.2. The van der Waals surface area contributed by atoms with E-state index in [-0.39, 0.29) is 5.69 Å². The maximum atomic E-state index is 13.1. The van der Waals surface area contributed by atoms with Crippen LogP contribution in [0, 0.1) is 5.82 Å². The van der Waals surface area contributed by atoms with Crippen molar-refractivity contribution in [2.75, 3.05) is 11.9 Å². The number of urea groups is 1. The zero-order valence-electron chi connectivity index (χ0n) is 9.90. The van der Waals surface area contributed by atoms with Crippen LogP contribution in [0.15, 0.2) is 22.7 Å². The van der Waals surface area contributed by atoms with E-state index in [0.717, 1.165) is 0 Å². The highest BCUT2D eigenvalue weighted by atomic mass is 79.9. The van der Waals surface area contributed by atoms with Gasteiger partial charge in [0.25, 0.3) is 0 Å². The molecule has 0 aromatic heterocycles. The molecular weight excluding hydrogens is 319 g/mol. The van der Waals surface area contributed by atoms with Gasteiger partial charge in [0.05, 0.1) is 5.69 Å². The van der Waals surface area contributed by atoms with Gasteiger partial charge in [0.2, 0.25) is 0 Å². The highest BCUT2D eigenvalue weighted by molar-refractivity contribution is 9.10. The predicted molar refractivity (Wildman–Crippen MR) is 70.5 cm³/mol. The lowest BCUT2D eigenvalue weighted by Crippen LogP contribution is -2.42. The molecule has 0 aliphatic carbocycles. The molecule has 1 atom stereocenters. The van der Waals surface area contributed by atoms with E-state index in [1.807, 2.05) is 0 Å². The Balaban J connectivity index is 2.12. The van der Waals surface area contributed by atoms with Crippen molar-refractivity contribution in [1.29, 1.82) is 0 Å². The summed E-state index contributed by atoms with van der Waals surface area (Å²) in [6.45, 7) is 0.385. The van der Waals surface area contributed by atoms with Gasteiger partial charge in [-0.05, 0) is 47.0 Å². The number of carboxylic acids is 1. The van der Waals surface area contributed by atoms with Crippen molar-refractivity contribution >= 4 is 33.6 Å². The average molecular weight is 331 g/mol. The van der Waals surface area contributed by atoms with E-state index in [1.54, 1.807) is 0 Å². The first-order valence-electron chi connectivity index (χ1n) is 5.74. The molecule has 1 aromatic carbocycles. The van der Waals surface area contributed by atoms with E-state index >= 15 is 0 Å². The van der Waals surface area contributed by atoms with Gasteiger partial charge in [-0.2, -0.15) is 0 Å². The lowest BCUT2D eigenvalue weighted by Gasteiger charge is -2.22. The molecule has 0 unspecified atom stereocenters. The third-order valence-electron chi connectivity index (χ3n) is 2.97. The maximum Gasteiger partial charge on any atom is 0.326 e. The third kappa shape index (κ3) is 3.04. The van der Waals surface area contributed by atoms with Gasteiger partial charge >= 0.3 is 12.0 Å². The largest absolute Gasteiger partial charge is 0.480 e. The van der Waals surface area contributed by atoms with Crippen molar-refractivity contribution in [3.8, 4) is 0 Å². The molecule has 102 valence electrons. The minimum Gasteiger partial charge on any atom is -0.480 e. The van der Waals surface area contributed by atoms with Crippen molar-refractivity contribution < 1.29 is 19.1 Å². The smallest absolute Gasteiger partial charge is 0.326 e. The average Bonchev–Trinajstić information content (AvgIpc) is 2.83. The van der Waals surface area contributed by atoms with Crippen molar-refractivity contribution in [3.63, 3.8) is 0 Å². The molecule has 1 saturated heterocycles. The number of nitrogens with one attached hydrogen (secondary N) is 1. The van der Waals surface area contributed by atoms with Crippen LogP contribution in [0.1, 0.15) is 12.8 Å². The third-order valence-corrected chi connectivity index (χ3v) is 3.66. The summed E-state index contributed by atoms with van der Waals surface area (Å²) < 4.78 is 13.6. The second-order valence-electron chi connectivity index (χ2n) is 4.24. The van der Waals surface area contributed by atoms with Crippen molar-refractivity contribution in [3.05, 3.63) is 28.5 Å². The van der Waals surface area contributed by atoms with Crippen LogP contribution in [0.3, 0.4) is 0 Å². The number of rotatable bonds is 2. The Kier molecular flexibility index (Phi) is 4.04. The molecule has 2 amide bonds. The van der Waals surface area contributed by atoms with E-state index in [1.165, 1.54) is 23.1 Å². The molecule has 1 fully saturated rings. The van der Waals surface area contributed by atoms with Crippen LogP contribution in [-0.4, -0.2) is 34.6 Å². The number of halogens is 2. The number of aliphatic carboxylic acids is 1. The minimum atomic E-state index is -1.02. The number of carbonyl (C=O) groups excluding carboxylic acids is 1. The molecule has 1 heterocycles. The number of nitrogens with zero attached hydrogens (tertiary/aromatic N) is 1. The standard InChI is InChI=1S/C12H12BrFN2O3/c13-8-4-3-7(14)6-9(8)15-12(19)16-5-1-2-10(16)11(17)18/h3-4,6,10H,1-2,5H2,(H,15,19)(H,17,18)/t10-/m1/s1. The van der Waals surface area contributed by atoms with Gasteiger partial charge in [0, 0.05) is 11.0 Å². The molecule has 2 rings (SSSR count). The molecule has 1 aliphatic rings.